The van der Waals surface area contributed by atoms with Crippen LogP contribution in [0.2, 0.25) is 0 Å². The highest BCUT2D eigenvalue weighted by atomic mass is 32.1. The number of amides is 2. The summed E-state index contributed by atoms with van der Waals surface area (Å²) in [6, 6.07) is 10.3. The molecule has 2 saturated heterocycles. The monoisotopic (exact) mass is 591 g/mol. The lowest BCUT2D eigenvalue weighted by molar-refractivity contribution is -0.132. The topological polar surface area (TPSA) is 70.5 Å². The van der Waals surface area contributed by atoms with Crippen LogP contribution in [0.25, 0.3) is 11.0 Å². The van der Waals surface area contributed by atoms with Crippen molar-refractivity contribution in [2.24, 2.45) is 11.8 Å². The SMILES string of the molecule is CCC(CC)n1c(Cc2cccs2)nc2cc(C(=O)N[C@@H](CC(C)C)C(=O)N3CCC(N4CCC(C)CC4)C3)ccc21. The fraction of sp³-hybridized carbons (Fsp3) is 0.618. The Morgan fingerprint density at radius 3 is 2.50 bits per heavy atom. The molecule has 4 heterocycles. The van der Waals surface area contributed by atoms with Crippen molar-refractivity contribution in [1.29, 1.82) is 0 Å². The van der Waals surface area contributed by atoms with Gasteiger partial charge in [-0.2, -0.15) is 0 Å². The van der Waals surface area contributed by atoms with Crippen LogP contribution < -0.4 is 5.32 Å². The van der Waals surface area contributed by atoms with Gasteiger partial charge in [0.1, 0.15) is 11.9 Å². The molecule has 0 bridgehead atoms. The molecule has 1 unspecified atom stereocenters. The zero-order chi connectivity index (χ0) is 29.8. The number of thiophene rings is 1. The molecule has 0 saturated carbocycles. The van der Waals surface area contributed by atoms with E-state index in [-0.39, 0.29) is 11.8 Å². The molecule has 2 aliphatic rings. The average Bonchev–Trinajstić information content (AvgIpc) is 3.74. The molecule has 2 aromatic heterocycles. The Bertz CT molecular complexity index is 1340. The maximum atomic E-state index is 13.8. The average molecular weight is 592 g/mol. The number of nitrogens with one attached hydrogen (secondary N) is 1. The molecule has 2 amide bonds. The predicted octanol–water partition coefficient (Wildman–Crippen LogP) is 6.53. The lowest BCUT2D eigenvalue weighted by Crippen LogP contribution is -2.50. The van der Waals surface area contributed by atoms with Crippen molar-refractivity contribution in [1.82, 2.24) is 24.7 Å². The molecule has 1 N–H and O–H groups in total. The van der Waals surface area contributed by atoms with E-state index in [1.807, 2.05) is 23.1 Å². The summed E-state index contributed by atoms with van der Waals surface area (Å²) < 4.78 is 2.37. The van der Waals surface area contributed by atoms with Crippen LogP contribution in [-0.4, -0.2) is 69.4 Å². The predicted molar refractivity (Wildman–Crippen MR) is 172 cm³/mol. The van der Waals surface area contributed by atoms with Gasteiger partial charge in [-0.15, -0.1) is 11.3 Å². The smallest absolute Gasteiger partial charge is 0.252 e. The largest absolute Gasteiger partial charge is 0.340 e. The van der Waals surface area contributed by atoms with Crippen molar-refractivity contribution in [3.63, 3.8) is 0 Å². The molecule has 2 aliphatic heterocycles. The van der Waals surface area contributed by atoms with Crippen molar-refractivity contribution in [3.8, 4) is 0 Å². The van der Waals surface area contributed by atoms with Gasteiger partial charge in [0.15, 0.2) is 0 Å². The van der Waals surface area contributed by atoms with Gasteiger partial charge >= 0.3 is 0 Å². The van der Waals surface area contributed by atoms with Crippen molar-refractivity contribution < 1.29 is 9.59 Å². The third-order valence-corrected chi connectivity index (χ3v) is 10.2. The normalized spacial score (nSPS) is 19.3. The number of nitrogens with zero attached hydrogens (tertiary/aromatic N) is 4. The molecule has 0 spiro atoms. The number of piperidine rings is 1. The molecule has 7 nitrogen and oxygen atoms in total. The fourth-order valence-electron chi connectivity index (χ4n) is 6.83. The van der Waals surface area contributed by atoms with E-state index < -0.39 is 6.04 Å². The number of imidazole rings is 1. The maximum absolute atomic E-state index is 13.8. The highest BCUT2D eigenvalue weighted by Gasteiger charge is 2.35. The van der Waals surface area contributed by atoms with Crippen LogP contribution >= 0.6 is 11.3 Å². The van der Waals surface area contributed by atoms with E-state index in [4.69, 9.17) is 4.98 Å². The zero-order valence-corrected chi connectivity index (χ0v) is 27.0. The lowest BCUT2D eigenvalue weighted by Gasteiger charge is -2.35. The van der Waals surface area contributed by atoms with E-state index in [0.29, 0.717) is 30.0 Å². The summed E-state index contributed by atoms with van der Waals surface area (Å²) >= 11 is 1.75. The molecule has 0 aliphatic carbocycles. The van der Waals surface area contributed by atoms with Gasteiger partial charge in [0.2, 0.25) is 5.91 Å². The van der Waals surface area contributed by atoms with E-state index in [1.165, 1.54) is 17.7 Å². The van der Waals surface area contributed by atoms with Crippen LogP contribution in [-0.2, 0) is 11.2 Å². The second kappa shape index (κ2) is 13.7. The Morgan fingerprint density at radius 2 is 1.83 bits per heavy atom. The van der Waals surface area contributed by atoms with E-state index in [1.54, 1.807) is 11.3 Å². The molecule has 8 heteroatoms. The fourth-order valence-corrected chi connectivity index (χ4v) is 7.53. The minimum Gasteiger partial charge on any atom is -0.340 e. The van der Waals surface area contributed by atoms with Crippen molar-refractivity contribution in [2.45, 2.75) is 97.7 Å². The van der Waals surface area contributed by atoms with Gasteiger partial charge < -0.3 is 14.8 Å². The van der Waals surface area contributed by atoms with Crippen LogP contribution in [0.5, 0.6) is 0 Å². The summed E-state index contributed by atoms with van der Waals surface area (Å²) in [5.41, 5.74) is 2.46. The summed E-state index contributed by atoms with van der Waals surface area (Å²) in [7, 11) is 0. The minimum absolute atomic E-state index is 0.0576. The molecule has 0 radical (unpaired) electrons. The summed E-state index contributed by atoms with van der Waals surface area (Å²) in [5, 5.41) is 5.24. The number of hydrogen-bond donors (Lipinski definition) is 1. The molecule has 2 fully saturated rings. The Balaban J connectivity index is 1.32. The van der Waals surface area contributed by atoms with E-state index >= 15 is 0 Å². The summed E-state index contributed by atoms with van der Waals surface area (Å²) in [4.78, 5) is 38.3. The summed E-state index contributed by atoms with van der Waals surface area (Å²) in [5.74, 6) is 1.99. The highest BCUT2D eigenvalue weighted by Crippen LogP contribution is 2.29. The van der Waals surface area contributed by atoms with Gasteiger partial charge in [-0.25, -0.2) is 4.98 Å². The van der Waals surface area contributed by atoms with Crippen LogP contribution in [0.1, 0.15) is 100 Å². The Kier molecular flexibility index (Phi) is 10.0. The van der Waals surface area contributed by atoms with Gasteiger partial charge in [-0.3, -0.25) is 14.5 Å². The van der Waals surface area contributed by atoms with Crippen LogP contribution in [0.15, 0.2) is 35.7 Å². The number of hydrogen-bond acceptors (Lipinski definition) is 5. The quantitative estimate of drug-likeness (QED) is 0.275. The summed E-state index contributed by atoms with van der Waals surface area (Å²) in [6.45, 7) is 14.8. The zero-order valence-electron chi connectivity index (χ0n) is 26.1. The Labute approximate surface area is 255 Å². The van der Waals surface area contributed by atoms with Gasteiger partial charge in [-0.1, -0.05) is 40.7 Å². The van der Waals surface area contributed by atoms with E-state index in [2.05, 4.69) is 66.9 Å². The van der Waals surface area contributed by atoms with Gasteiger partial charge in [-0.05, 0) is 93.1 Å². The van der Waals surface area contributed by atoms with E-state index in [9.17, 15) is 9.59 Å². The van der Waals surface area contributed by atoms with Crippen molar-refractivity contribution in [3.05, 3.63) is 52.0 Å². The number of carbonyl (C=O) groups is 2. The number of fused-ring (bicyclic) bond motifs is 1. The minimum atomic E-state index is -0.523. The second-order valence-electron chi connectivity index (χ2n) is 12.9. The molecule has 1 aromatic carbocycles. The maximum Gasteiger partial charge on any atom is 0.252 e. The third-order valence-electron chi connectivity index (χ3n) is 9.37. The van der Waals surface area contributed by atoms with Crippen molar-refractivity contribution in [2.75, 3.05) is 26.2 Å². The summed E-state index contributed by atoms with van der Waals surface area (Å²) in [6.07, 6.45) is 6.96. The van der Waals surface area contributed by atoms with Crippen LogP contribution in [0.4, 0.5) is 0 Å². The molecular formula is C34H49N5O2S. The lowest BCUT2D eigenvalue weighted by atomic mass is 9.98. The highest BCUT2D eigenvalue weighted by molar-refractivity contribution is 7.09. The van der Waals surface area contributed by atoms with Crippen LogP contribution in [0.3, 0.4) is 0 Å². The van der Waals surface area contributed by atoms with Crippen LogP contribution in [0, 0.1) is 11.8 Å². The molecule has 3 aromatic rings. The number of likely N-dealkylation sites (tertiary alicyclic amines) is 2. The first-order valence-corrected chi connectivity index (χ1v) is 17.0. The van der Waals surface area contributed by atoms with Gasteiger partial charge in [0.05, 0.1) is 11.0 Å². The first-order chi connectivity index (χ1) is 20.3. The molecule has 5 rings (SSSR count). The number of carbonyl (C=O) groups excluding carboxylic acids is 2. The Morgan fingerprint density at radius 1 is 1.07 bits per heavy atom. The van der Waals surface area contributed by atoms with E-state index in [0.717, 1.165) is 74.6 Å². The standard InChI is InChI=1S/C34H49N5O2S/c1-6-26(7-2)39-31-11-10-25(20-29(31)35-32(39)21-28-9-8-18-42-28)33(40)36-30(19-23(3)4)34(41)38-17-14-27(22-38)37-15-12-24(5)13-16-37/h8-11,18,20,23-24,26-27,30H,6-7,12-17,19,21-22H2,1-5H3,(H,36,40)/t27?,30-/m0/s1. The number of aromatic nitrogens is 2. The molecule has 2 atom stereocenters. The molecule has 228 valence electrons. The second-order valence-corrected chi connectivity index (χ2v) is 14.0. The van der Waals surface area contributed by atoms with Gasteiger partial charge in [0.25, 0.3) is 5.91 Å². The first-order valence-electron chi connectivity index (χ1n) is 16.1. The van der Waals surface area contributed by atoms with Gasteiger partial charge in [0, 0.05) is 42.0 Å². The molecule has 42 heavy (non-hydrogen) atoms. The Hall–Kier alpha value is -2.71. The van der Waals surface area contributed by atoms with Crippen molar-refractivity contribution >= 4 is 34.2 Å². The molecular weight excluding hydrogens is 542 g/mol. The number of benzene rings is 1. The number of rotatable bonds is 11. The third kappa shape index (κ3) is 6.91. The first kappa shape index (κ1) is 30.7.